The fourth-order valence-corrected chi connectivity index (χ4v) is 3.62. The van der Waals surface area contributed by atoms with Gasteiger partial charge in [-0.1, -0.05) is 35.9 Å². The van der Waals surface area contributed by atoms with Gasteiger partial charge in [0.2, 0.25) is 5.91 Å². The van der Waals surface area contributed by atoms with E-state index in [1.54, 1.807) is 53.4 Å². The smallest absolute Gasteiger partial charge is 0.258 e. The lowest BCUT2D eigenvalue weighted by atomic mass is 10.1. The fraction of sp³-hybridized carbons (Fsp3) is 0.167. The van der Waals surface area contributed by atoms with Gasteiger partial charge >= 0.3 is 0 Å². The molecule has 30 heavy (non-hydrogen) atoms. The van der Waals surface area contributed by atoms with Crippen LogP contribution < -0.4 is 15.0 Å². The van der Waals surface area contributed by atoms with Crippen LogP contribution in [0.4, 0.5) is 11.4 Å². The number of para-hydroxylation sites is 1. The summed E-state index contributed by atoms with van der Waals surface area (Å²) in [5.41, 5.74) is 3.39. The highest BCUT2D eigenvalue weighted by Gasteiger charge is 2.24. The predicted molar refractivity (Wildman–Crippen MR) is 118 cm³/mol. The third-order valence-corrected chi connectivity index (χ3v) is 5.18. The third kappa shape index (κ3) is 4.63. The van der Waals surface area contributed by atoms with Gasteiger partial charge in [0.1, 0.15) is 5.75 Å². The van der Waals surface area contributed by atoms with Crippen molar-refractivity contribution in [1.29, 1.82) is 0 Å². The Hall–Kier alpha value is -3.31. The van der Waals surface area contributed by atoms with Crippen molar-refractivity contribution in [2.24, 2.45) is 0 Å². The van der Waals surface area contributed by atoms with Gasteiger partial charge in [0.15, 0.2) is 0 Å². The van der Waals surface area contributed by atoms with Crippen molar-refractivity contribution in [3.05, 3.63) is 88.9 Å². The zero-order valence-corrected chi connectivity index (χ0v) is 17.1. The molecule has 6 heteroatoms. The molecule has 152 valence electrons. The largest absolute Gasteiger partial charge is 0.493 e. The van der Waals surface area contributed by atoms with E-state index in [-0.39, 0.29) is 24.8 Å². The molecular weight excluding hydrogens is 400 g/mol. The number of hydrogen-bond acceptors (Lipinski definition) is 3. The summed E-state index contributed by atoms with van der Waals surface area (Å²) in [5.74, 6) is 0.430. The summed E-state index contributed by atoms with van der Waals surface area (Å²) in [6.07, 6.45) is 1.07. The Bertz CT molecular complexity index is 1070. The van der Waals surface area contributed by atoms with E-state index in [9.17, 15) is 9.59 Å². The van der Waals surface area contributed by atoms with E-state index in [4.69, 9.17) is 16.3 Å². The minimum absolute atomic E-state index is 0.0345. The van der Waals surface area contributed by atoms with Gasteiger partial charge in [0.25, 0.3) is 5.91 Å². The molecule has 0 bridgehead atoms. The highest BCUT2D eigenvalue weighted by molar-refractivity contribution is 6.30. The lowest BCUT2D eigenvalue weighted by molar-refractivity contribution is -0.116. The van der Waals surface area contributed by atoms with E-state index in [0.717, 1.165) is 12.1 Å². The molecule has 0 fully saturated rings. The summed E-state index contributed by atoms with van der Waals surface area (Å²) in [6, 6.07) is 22.0. The number of hydrogen-bond donors (Lipinski definition) is 1. The third-order valence-electron chi connectivity index (χ3n) is 4.94. The van der Waals surface area contributed by atoms with Gasteiger partial charge in [-0.25, -0.2) is 0 Å². The van der Waals surface area contributed by atoms with Crippen LogP contribution in [0.3, 0.4) is 0 Å². The topological polar surface area (TPSA) is 58.6 Å². The van der Waals surface area contributed by atoms with Crippen LogP contribution in [0.2, 0.25) is 5.02 Å². The average molecular weight is 421 g/mol. The van der Waals surface area contributed by atoms with Crippen molar-refractivity contribution in [3.8, 4) is 5.75 Å². The molecule has 0 saturated heterocycles. The second-order valence-corrected chi connectivity index (χ2v) is 7.45. The van der Waals surface area contributed by atoms with Crippen molar-refractivity contribution in [3.63, 3.8) is 0 Å². The minimum atomic E-state index is -0.162. The van der Waals surface area contributed by atoms with Gasteiger partial charge in [0.05, 0.1) is 13.0 Å². The number of carbonyl (C=O) groups excluding carboxylic acids is 2. The average Bonchev–Trinajstić information content (AvgIpc) is 3.18. The number of fused-ring (bicyclic) bond motifs is 1. The SMILES string of the molecule is O=C(CCOc1cccc(Cl)c1)Nc1ccc(C(=O)N2CCc3ccccc32)cc1. The summed E-state index contributed by atoms with van der Waals surface area (Å²) in [4.78, 5) is 26.8. The van der Waals surface area contributed by atoms with Crippen LogP contribution in [0.1, 0.15) is 22.3 Å². The van der Waals surface area contributed by atoms with Gasteiger partial charge in [-0.2, -0.15) is 0 Å². The monoisotopic (exact) mass is 420 g/mol. The molecule has 1 aliphatic rings. The summed E-state index contributed by atoms with van der Waals surface area (Å²) >= 11 is 5.91. The molecule has 5 nitrogen and oxygen atoms in total. The number of nitrogens with zero attached hydrogens (tertiary/aromatic N) is 1. The molecule has 0 spiro atoms. The number of anilines is 2. The van der Waals surface area contributed by atoms with Gasteiger partial charge in [-0.3, -0.25) is 9.59 Å². The van der Waals surface area contributed by atoms with Crippen LogP contribution in [0.15, 0.2) is 72.8 Å². The number of rotatable bonds is 6. The Morgan fingerprint density at radius 2 is 1.80 bits per heavy atom. The molecule has 3 aromatic rings. The van der Waals surface area contributed by atoms with Crippen LogP contribution in [0.5, 0.6) is 5.75 Å². The maximum Gasteiger partial charge on any atom is 0.258 e. The lowest BCUT2D eigenvalue weighted by Gasteiger charge is -2.17. The number of carbonyl (C=O) groups is 2. The van der Waals surface area contributed by atoms with Crippen LogP contribution in [0, 0.1) is 0 Å². The van der Waals surface area contributed by atoms with E-state index in [2.05, 4.69) is 11.4 Å². The highest BCUT2D eigenvalue weighted by Crippen LogP contribution is 2.29. The predicted octanol–water partition coefficient (Wildman–Crippen LogP) is 4.95. The molecule has 4 rings (SSSR count). The highest BCUT2D eigenvalue weighted by atomic mass is 35.5. The first-order valence-electron chi connectivity index (χ1n) is 9.78. The van der Waals surface area contributed by atoms with Crippen LogP contribution in [-0.2, 0) is 11.2 Å². The van der Waals surface area contributed by atoms with Gasteiger partial charge in [-0.15, -0.1) is 0 Å². The van der Waals surface area contributed by atoms with Gasteiger partial charge in [0, 0.05) is 28.5 Å². The van der Waals surface area contributed by atoms with E-state index in [1.165, 1.54) is 5.56 Å². The molecule has 0 unspecified atom stereocenters. The molecule has 0 radical (unpaired) electrons. The second-order valence-electron chi connectivity index (χ2n) is 7.02. The maximum atomic E-state index is 12.9. The van der Waals surface area contributed by atoms with Crippen molar-refractivity contribution in [1.82, 2.24) is 0 Å². The standard InChI is InChI=1S/C24H21ClN2O3/c25-19-5-3-6-21(16-19)30-15-13-23(28)26-20-10-8-18(9-11-20)24(29)27-14-12-17-4-1-2-7-22(17)27/h1-11,16H,12-15H2,(H,26,28). The maximum absolute atomic E-state index is 12.9. The first-order chi connectivity index (χ1) is 14.6. The van der Waals surface area contributed by atoms with E-state index in [0.29, 0.717) is 28.6 Å². The zero-order chi connectivity index (χ0) is 20.9. The Kier molecular flexibility index (Phi) is 6.00. The summed E-state index contributed by atoms with van der Waals surface area (Å²) in [5, 5.41) is 3.41. The molecule has 1 aliphatic heterocycles. The van der Waals surface area contributed by atoms with Crippen molar-refractivity contribution >= 4 is 34.8 Å². The lowest BCUT2D eigenvalue weighted by Crippen LogP contribution is -2.28. The number of halogens is 1. The van der Waals surface area contributed by atoms with E-state index >= 15 is 0 Å². The number of ether oxygens (including phenoxy) is 1. The summed E-state index contributed by atoms with van der Waals surface area (Å²) in [6.45, 7) is 0.931. The van der Waals surface area contributed by atoms with E-state index < -0.39 is 0 Å². The Balaban J connectivity index is 1.30. The Morgan fingerprint density at radius 1 is 1.00 bits per heavy atom. The van der Waals surface area contributed by atoms with Crippen molar-refractivity contribution in [2.45, 2.75) is 12.8 Å². The minimum Gasteiger partial charge on any atom is -0.493 e. The second kappa shape index (κ2) is 9.01. The Labute approximate surface area is 180 Å². The molecule has 1 N–H and O–H groups in total. The first-order valence-corrected chi connectivity index (χ1v) is 10.2. The van der Waals surface area contributed by atoms with Crippen LogP contribution in [0.25, 0.3) is 0 Å². The first kappa shape index (κ1) is 20.0. The van der Waals surface area contributed by atoms with Gasteiger partial charge < -0.3 is 15.0 Å². The normalized spacial score (nSPS) is 12.4. The molecular formula is C24H21ClN2O3. The van der Waals surface area contributed by atoms with Crippen molar-refractivity contribution in [2.75, 3.05) is 23.4 Å². The van der Waals surface area contributed by atoms with Crippen LogP contribution in [-0.4, -0.2) is 25.0 Å². The van der Waals surface area contributed by atoms with Crippen molar-refractivity contribution < 1.29 is 14.3 Å². The summed E-state index contributed by atoms with van der Waals surface area (Å²) < 4.78 is 5.54. The van der Waals surface area contributed by atoms with Gasteiger partial charge in [-0.05, 0) is 60.5 Å². The quantitative estimate of drug-likeness (QED) is 0.613. The number of benzene rings is 3. The Morgan fingerprint density at radius 3 is 2.60 bits per heavy atom. The molecule has 0 aliphatic carbocycles. The van der Waals surface area contributed by atoms with E-state index in [1.807, 2.05) is 18.2 Å². The molecule has 2 amide bonds. The molecule has 0 atom stereocenters. The zero-order valence-electron chi connectivity index (χ0n) is 16.3. The molecule has 1 heterocycles. The number of nitrogens with one attached hydrogen (secondary N) is 1. The number of amides is 2. The molecule has 0 saturated carbocycles. The summed E-state index contributed by atoms with van der Waals surface area (Å²) in [7, 11) is 0. The van der Waals surface area contributed by atoms with Crippen LogP contribution >= 0.6 is 11.6 Å². The fourth-order valence-electron chi connectivity index (χ4n) is 3.44. The molecule has 0 aromatic heterocycles. The molecule has 3 aromatic carbocycles.